The molecule has 0 heterocycles. The van der Waals surface area contributed by atoms with Crippen molar-refractivity contribution < 1.29 is 0 Å². The quantitative estimate of drug-likeness (QED) is 0.727. The number of allylic oxidation sites excluding steroid dienone is 2. The van der Waals surface area contributed by atoms with Crippen LogP contribution in [0.5, 0.6) is 0 Å². The van der Waals surface area contributed by atoms with Crippen LogP contribution in [-0.4, -0.2) is 5.71 Å². The largest absolute Gasteiger partial charge is 0.301 e. The average molecular weight is 264 g/mol. The fraction of sp³-hybridized carbons (Fsp3) is 0.625. The molecule has 4 nitrogen and oxygen atoms in total. The van der Waals surface area contributed by atoms with E-state index in [0.717, 1.165) is 50.5 Å². The van der Waals surface area contributed by atoms with Gasteiger partial charge in [-0.15, -0.1) is 0 Å². The standard InChI is InChI=1S/C16H16N4/c17-8-12-11-4-3-5-13(11)15(6-1-2-7-15)16(9-18,10-19)14(12)20/h13,20H,1-7H2. The lowest BCUT2D eigenvalue weighted by Gasteiger charge is -2.48. The zero-order chi connectivity index (χ0) is 14.4. The minimum atomic E-state index is -1.42. The summed E-state index contributed by atoms with van der Waals surface area (Å²) < 4.78 is 0. The van der Waals surface area contributed by atoms with E-state index >= 15 is 0 Å². The van der Waals surface area contributed by atoms with Gasteiger partial charge in [0.1, 0.15) is 6.07 Å². The smallest absolute Gasteiger partial charge is 0.191 e. The summed E-state index contributed by atoms with van der Waals surface area (Å²) in [4.78, 5) is 0. The predicted octanol–water partition coefficient (Wildman–Crippen LogP) is 3.23. The van der Waals surface area contributed by atoms with Crippen LogP contribution in [0.25, 0.3) is 0 Å². The second-order valence-corrected chi connectivity index (χ2v) is 6.17. The van der Waals surface area contributed by atoms with Crippen LogP contribution >= 0.6 is 0 Å². The summed E-state index contributed by atoms with van der Waals surface area (Å²) in [6, 6.07) is 6.42. The van der Waals surface area contributed by atoms with Gasteiger partial charge in [0.2, 0.25) is 0 Å². The van der Waals surface area contributed by atoms with Gasteiger partial charge in [0.25, 0.3) is 0 Å². The third-order valence-electron chi connectivity index (χ3n) is 5.66. The van der Waals surface area contributed by atoms with Crippen molar-refractivity contribution in [1.29, 1.82) is 21.2 Å². The molecular weight excluding hydrogens is 248 g/mol. The molecule has 0 amide bonds. The van der Waals surface area contributed by atoms with Gasteiger partial charge in [-0.3, -0.25) is 0 Å². The summed E-state index contributed by atoms with van der Waals surface area (Å²) in [5.74, 6) is 0.160. The molecule has 1 N–H and O–H groups in total. The van der Waals surface area contributed by atoms with Crippen LogP contribution in [0.15, 0.2) is 11.1 Å². The fourth-order valence-corrected chi connectivity index (χ4v) is 4.83. The molecule has 20 heavy (non-hydrogen) atoms. The Balaban J connectivity index is 2.32. The maximum absolute atomic E-state index is 9.73. The van der Waals surface area contributed by atoms with Gasteiger partial charge in [-0.05, 0) is 43.6 Å². The first-order valence-electron chi connectivity index (χ1n) is 7.22. The number of fused-ring (bicyclic) bond motifs is 2. The summed E-state index contributed by atoms with van der Waals surface area (Å²) in [6.45, 7) is 0. The molecule has 3 rings (SSSR count). The highest BCUT2D eigenvalue weighted by Gasteiger charge is 2.65. The Hall–Kier alpha value is -2.12. The van der Waals surface area contributed by atoms with Gasteiger partial charge in [0.15, 0.2) is 5.41 Å². The SMILES string of the molecule is N#CC1=C2CCCC2C2(CCCC2)C(C#N)(C#N)C1=N. The molecule has 1 spiro atoms. The zero-order valence-corrected chi connectivity index (χ0v) is 11.4. The molecule has 3 aliphatic rings. The van der Waals surface area contributed by atoms with Gasteiger partial charge in [-0.1, -0.05) is 12.8 Å². The van der Waals surface area contributed by atoms with E-state index in [-0.39, 0.29) is 11.6 Å². The highest BCUT2D eigenvalue weighted by molar-refractivity contribution is 6.11. The maximum atomic E-state index is 9.73. The Morgan fingerprint density at radius 1 is 1.05 bits per heavy atom. The van der Waals surface area contributed by atoms with Crippen LogP contribution in [0, 0.1) is 56.2 Å². The van der Waals surface area contributed by atoms with Crippen molar-refractivity contribution in [3.05, 3.63) is 11.1 Å². The Labute approximate surface area is 118 Å². The van der Waals surface area contributed by atoms with E-state index in [4.69, 9.17) is 5.41 Å². The lowest BCUT2D eigenvalue weighted by atomic mass is 9.50. The number of nitrogens with one attached hydrogen (secondary N) is 1. The van der Waals surface area contributed by atoms with Crippen LogP contribution in [0.4, 0.5) is 0 Å². The molecule has 0 aliphatic heterocycles. The fourth-order valence-electron chi connectivity index (χ4n) is 4.83. The summed E-state index contributed by atoms with van der Waals surface area (Å²) in [5, 5.41) is 37.2. The predicted molar refractivity (Wildman–Crippen MR) is 72.3 cm³/mol. The average Bonchev–Trinajstić information content (AvgIpc) is 3.11. The molecular formula is C16H16N4. The number of nitrogens with zero attached hydrogens (tertiary/aromatic N) is 3. The van der Waals surface area contributed by atoms with Crippen molar-refractivity contribution in [1.82, 2.24) is 0 Å². The van der Waals surface area contributed by atoms with E-state index in [2.05, 4.69) is 18.2 Å². The number of hydrogen-bond donors (Lipinski definition) is 1. The van der Waals surface area contributed by atoms with Crippen molar-refractivity contribution in [2.24, 2.45) is 16.7 Å². The maximum Gasteiger partial charge on any atom is 0.191 e. The third-order valence-corrected chi connectivity index (χ3v) is 5.66. The first kappa shape index (κ1) is 12.9. The monoisotopic (exact) mass is 264 g/mol. The molecule has 0 aromatic rings. The van der Waals surface area contributed by atoms with Crippen LogP contribution in [0.1, 0.15) is 44.9 Å². The Kier molecular flexibility index (Phi) is 2.70. The normalized spacial score (nSPS) is 29.6. The number of rotatable bonds is 0. The topological polar surface area (TPSA) is 95.2 Å². The second kappa shape index (κ2) is 4.19. The van der Waals surface area contributed by atoms with E-state index in [9.17, 15) is 15.8 Å². The van der Waals surface area contributed by atoms with E-state index in [1.165, 1.54) is 0 Å². The lowest BCUT2D eigenvalue weighted by Crippen LogP contribution is -2.52. The van der Waals surface area contributed by atoms with Gasteiger partial charge >= 0.3 is 0 Å². The van der Waals surface area contributed by atoms with Crippen molar-refractivity contribution in [2.45, 2.75) is 44.9 Å². The first-order valence-corrected chi connectivity index (χ1v) is 7.22. The summed E-state index contributed by atoms with van der Waals surface area (Å²) in [6.07, 6.45) is 6.53. The van der Waals surface area contributed by atoms with E-state index in [1.807, 2.05) is 0 Å². The zero-order valence-electron chi connectivity index (χ0n) is 11.4. The second-order valence-electron chi connectivity index (χ2n) is 6.17. The van der Waals surface area contributed by atoms with Gasteiger partial charge < -0.3 is 5.41 Å². The van der Waals surface area contributed by atoms with Crippen molar-refractivity contribution in [3.63, 3.8) is 0 Å². The Morgan fingerprint density at radius 2 is 1.70 bits per heavy atom. The van der Waals surface area contributed by atoms with Crippen molar-refractivity contribution in [3.8, 4) is 18.2 Å². The highest BCUT2D eigenvalue weighted by atomic mass is 14.7. The Bertz CT molecular complexity index is 615. The molecule has 0 aromatic carbocycles. The molecule has 3 aliphatic carbocycles. The van der Waals surface area contributed by atoms with E-state index in [0.29, 0.717) is 5.57 Å². The first-order chi connectivity index (χ1) is 9.66. The van der Waals surface area contributed by atoms with Gasteiger partial charge in [0, 0.05) is 5.41 Å². The van der Waals surface area contributed by atoms with Crippen LogP contribution in [0.3, 0.4) is 0 Å². The van der Waals surface area contributed by atoms with Gasteiger partial charge in [-0.2, -0.15) is 15.8 Å². The molecule has 100 valence electrons. The van der Waals surface area contributed by atoms with Crippen LogP contribution < -0.4 is 0 Å². The molecule has 4 heteroatoms. The minimum Gasteiger partial charge on any atom is -0.301 e. The summed E-state index contributed by atoms with van der Waals surface area (Å²) >= 11 is 0. The summed E-state index contributed by atoms with van der Waals surface area (Å²) in [7, 11) is 0. The van der Waals surface area contributed by atoms with Crippen molar-refractivity contribution in [2.75, 3.05) is 0 Å². The molecule has 1 unspecified atom stereocenters. The Morgan fingerprint density at radius 3 is 2.25 bits per heavy atom. The minimum absolute atomic E-state index is 0.0277. The lowest BCUT2D eigenvalue weighted by molar-refractivity contribution is 0.124. The van der Waals surface area contributed by atoms with Gasteiger partial charge in [-0.25, -0.2) is 0 Å². The highest BCUT2D eigenvalue weighted by Crippen LogP contribution is 2.65. The summed E-state index contributed by atoms with van der Waals surface area (Å²) in [5.41, 5.74) is -0.485. The molecule has 0 radical (unpaired) electrons. The number of hydrogen-bond acceptors (Lipinski definition) is 4. The van der Waals surface area contributed by atoms with Gasteiger partial charge in [0.05, 0.1) is 23.4 Å². The molecule has 0 saturated heterocycles. The molecule has 0 bridgehead atoms. The molecule has 2 fully saturated rings. The van der Waals surface area contributed by atoms with Crippen molar-refractivity contribution >= 4 is 5.71 Å². The molecule has 0 aromatic heterocycles. The number of nitriles is 3. The molecule has 2 saturated carbocycles. The van der Waals surface area contributed by atoms with Crippen LogP contribution in [0.2, 0.25) is 0 Å². The van der Waals surface area contributed by atoms with E-state index in [1.54, 1.807) is 0 Å². The van der Waals surface area contributed by atoms with Crippen LogP contribution in [-0.2, 0) is 0 Å². The molecule has 1 atom stereocenters. The third kappa shape index (κ3) is 1.21. The van der Waals surface area contributed by atoms with E-state index < -0.39 is 10.8 Å².